The maximum Gasteiger partial charge on any atom is 0.181 e. The molecule has 2 heterocycles. The van der Waals surface area contributed by atoms with Gasteiger partial charge >= 0.3 is 0 Å². The van der Waals surface area contributed by atoms with Crippen LogP contribution in [0.15, 0.2) is 33.5 Å². The van der Waals surface area contributed by atoms with Crippen LogP contribution in [0, 0.1) is 0 Å². The highest BCUT2D eigenvalue weighted by Crippen LogP contribution is 2.26. The van der Waals surface area contributed by atoms with E-state index in [0.717, 1.165) is 20.5 Å². The van der Waals surface area contributed by atoms with Gasteiger partial charge in [-0.15, -0.1) is 0 Å². The van der Waals surface area contributed by atoms with Crippen LogP contribution in [-0.4, -0.2) is 22.0 Å². The molecule has 0 aliphatic rings. The molecule has 0 unspecified atom stereocenters. The van der Waals surface area contributed by atoms with Gasteiger partial charge in [-0.3, -0.25) is 4.98 Å². The van der Waals surface area contributed by atoms with Gasteiger partial charge in [-0.25, -0.2) is 9.97 Å². The smallest absolute Gasteiger partial charge is 0.181 e. The van der Waals surface area contributed by atoms with Gasteiger partial charge in [0.25, 0.3) is 0 Å². The molecular weight excluding hydrogens is 336 g/mol. The number of aromatic nitrogens is 3. The lowest BCUT2D eigenvalue weighted by molar-refractivity contribution is 1.13. The van der Waals surface area contributed by atoms with Crippen LogP contribution in [0.2, 0.25) is 0 Å². The number of nitrogens with zero attached hydrogens (tertiary/aromatic N) is 3. The van der Waals surface area contributed by atoms with Crippen molar-refractivity contribution in [1.82, 2.24) is 15.0 Å². The Morgan fingerprint density at radius 3 is 2.75 bits per heavy atom. The number of hydrogen-bond donors (Lipinski definition) is 1. The second-order valence-electron chi connectivity index (χ2n) is 3.00. The number of nitrogens with one attached hydrogen (secondary N) is 1. The van der Waals surface area contributed by atoms with Crippen molar-refractivity contribution in [2.24, 2.45) is 0 Å². The average Bonchev–Trinajstić information content (AvgIpc) is 2.29. The molecule has 2 rings (SSSR count). The van der Waals surface area contributed by atoms with Crippen molar-refractivity contribution in [3.63, 3.8) is 0 Å². The Morgan fingerprint density at radius 1 is 1.25 bits per heavy atom. The molecular formula is C10H8Br2N4. The number of pyridine rings is 1. The summed E-state index contributed by atoms with van der Waals surface area (Å²) in [5, 5.41) is 2.96. The van der Waals surface area contributed by atoms with Crippen LogP contribution in [0.1, 0.15) is 0 Å². The first kappa shape index (κ1) is 11.5. The van der Waals surface area contributed by atoms with Crippen molar-refractivity contribution in [2.45, 2.75) is 0 Å². The highest BCUT2D eigenvalue weighted by molar-refractivity contribution is 9.11. The third-order valence-electron chi connectivity index (χ3n) is 1.93. The largest absolute Gasteiger partial charge is 0.373 e. The topological polar surface area (TPSA) is 50.7 Å². The molecule has 0 atom stereocenters. The van der Waals surface area contributed by atoms with Gasteiger partial charge in [-0.05, 0) is 44.0 Å². The van der Waals surface area contributed by atoms with E-state index in [1.807, 2.05) is 13.1 Å². The van der Waals surface area contributed by atoms with Crippen molar-refractivity contribution in [3.8, 4) is 11.5 Å². The Hall–Kier alpha value is -1.01. The first-order valence-electron chi connectivity index (χ1n) is 4.53. The normalized spacial score (nSPS) is 10.2. The van der Waals surface area contributed by atoms with E-state index in [1.54, 1.807) is 18.5 Å². The van der Waals surface area contributed by atoms with Crippen molar-refractivity contribution >= 4 is 37.7 Å². The fourth-order valence-electron chi connectivity index (χ4n) is 1.19. The van der Waals surface area contributed by atoms with Gasteiger partial charge < -0.3 is 5.32 Å². The Balaban J connectivity index is 2.49. The van der Waals surface area contributed by atoms with Crippen molar-refractivity contribution in [1.29, 1.82) is 0 Å². The molecule has 0 amide bonds. The van der Waals surface area contributed by atoms with Crippen LogP contribution in [0.25, 0.3) is 11.5 Å². The minimum absolute atomic E-state index is 0.589. The quantitative estimate of drug-likeness (QED) is 0.910. The maximum atomic E-state index is 4.32. The zero-order valence-electron chi connectivity index (χ0n) is 8.41. The van der Waals surface area contributed by atoms with E-state index in [4.69, 9.17) is 0 Å². The molecule has 0 saturated carbocycles. The lowest BCUT2D eigenvalue weighted by Gasteiger charge is -2.04. The van der Waals surface area contributed by atoms with Gasteiger partial charge in [0.2, 0.25) is 0 Å². The average molecular weight is 344 g/mol. The van der Waals surface area contributed by atoms with E-state index >= 15 is 0 Å². The maximum absolute atomic E-state index is 4.32. The van der Waals surface area contributed by atoms with Crippen molar-refractivity contribution in [3.05, 3.63) is 33.5 Å². The predicted molar refractivity (Wildman–Crippen MR) is 70.2 cm³/mol. The van der Waals surface area contributed by atoms with Gasteiger partial charge in [-0.2, -0.15) is 0 Å². The van der Waals surface area contributed by atoms with E-state index in [2.05, 4.69) is 52.1 Å². The van der Waals surface area contributed by atoms with Gasteiger partial charge in [0, 0.05) is 28.4 Å². The summed E-state index contributed by atoms with van der Waals surface area (Å²) in [7, 11) is 1.82. The molecule has 16 heavy (non-hydrogen) atoms. The standard InChI is InChI=1S/C10H8Br2N4/c1-13-8-2-3-14-10(16-8)9-7(12)4-6(11)5-15-9/h2-5H,1H3,(H,13,14,16). The van der Waals surface area contributed by atoms with Gasteiger partial charge in [0.1, 0.15) is 11.5 Å². The Morgan fingerprint density at radius 2 is 2.06 bits per heavy atom. The van der Waals surface area contributed by atoms with Gasteiger partial charge in [-0.1, -0.05) is 0 Å². The summed E-state index contributed by atoms with van der Waals surface area (Å²) in [4.78, 5) is 12.8. The molecule has 2 aromatic rings. The molecule has 0 radical (unpaired) electrons. The summed E-state index contributed by atoms with van der Waals surface area (Å²) >= 11 is 6.79. The van der Waals surface area contributed by atoms with Crippen LogP contribution in [0.4, 0.5) is 5.82 Å². The second kappa shape index (κ2) is 4.88. The molecule has 0 aliphatic carbocycles. The lowest BCUT2D eigenvalue weighted by atomic mass is 10.3. The number of rotatable bonds is 2. The fourth-order valence-corrected chi connectivity index (χ4v) is 2.36. The molecule has 0 bridgehead atoms. The van der Waals surface area contributed by atoms with Crippen LogP contribution in [-0.2, 0) is 0 Å². The molecule has 0 fully saturated rings. The van der Waals surface area contributed by atoms with E-state index in [-0.39, 0.29) is 0 Å². The molecule has 4 nitrogen and oxygen atoms in total. The molecule has 0 aromatic carbocycles. The summed E-state index contributed by atoms with van der Waals surface area (Å²) < 4.78 is 1.77. The molecule has 82 valence electrons. The lowest BCUT2D eigenvalue weighted by Crippen LogP contribution is -1.97. The summed E-state index contributed by atoms with van der Waals surface area (Å²) in [6.45, 7) is 0. The Bertz CT molecular complexity index is 516. The predicted octanol–water partition coefficient (Wildman–Crippen LogP) is 3.11. The first-order valence-corrected chi connectivity index (χ1v) is 6.11. The molecule has 2 aromatic heterocycles. The van der Waals surface area contributed by atoms with Gasteiger partial charge in [0.15, 0.2) is 5.82 Å². The van der Waals surface area contributed by atoms with Crippen LogP contribution >= 0.6 is 31.9 Å². The SMILES string of the molecule is CNc1ccnc(-c2ncc(Br)cc2Br)n1. The third kappa shape index (κ3) is 2.38. The number of anilines is 1. The molecule has 0 spiro atoms. The third-order valence-corrected chi connectivity index (χ3v) is 2.97. The molecule has 0 aliphatic heterocycles. The van der Waals surface area contributed by atoms with Crippen LogP contribution in [0.3, 0.4) is 0 Å². The minimum Gasteiger partial charge on any atom is -0.373 e. The fraction of sp³-hybridized carbons (Fsp3) is 0.100. The van der Waals surface area contributed by atoms with E-state index in [9.17, 15) is 0 Å². The van der Waals surface area contributed by atoms with Crippen molar-refractivity contribution < 1.29 is 0 Å². The zero-order chi connectivity index (χ0) is 11.5. The summed E-state index contributed by atoms with van der Waals surface area (Å²) in [5.41, 5.74) is 0.723. The van der Waals surface area contributed by atoms with Gasteiger partial charge in [0.05, 0.1) is 0 Å². The van der Waals surface area contributed by atoms with Crippen LogP contribution in [0.5, 0.6) is 0 Å². The number of hydrogen-bond acceptors (Lipinski definition) is 4. The Kier molecular flexibility index (Phi) is 3.50. The monoisotopic (exact) mass is 342 g/mol. The zero-order valence-corrected chi connectivity index (χ0v) is 11.6. The minimum atomic E-state index is 0.589. The van der Waals surface area contributed by atoms with E-state index in [0.29, 0.717) is 5.82 Å². The molecule has 0 saturated heterocycles. The number of halogens is 2. The highest BCUT2D eigenvalue weighted by atomic mass is 79.9. The Labute approximate surface area is 110 Å². The first-order chi connectivity index (χ1) is 7.70. The summed E-state index contributed by atoms with van der Waals surface area (Å²) in [6.07, 6.45) is 3.42. The van der Waals surface area contributed by atoms with Crippen LogP contribution < -0.4 is 5.32 Å². The van der Waals surface area contributed by atoms with E-state index in [1.165, 1.54) is 0 Å². The summed E-state index contributed by atoms with van der Waals surface area (Å²) in [6, 6.07) is 3.72. The summed E-state index contributed by atoms with van der Waals surface area (Å²) in [5.74, 6) is 1.35. The molecule has 6 heteroatoms. The van der Waals surface area contributed by atoms with E-state index < -0.39 is 0 Å². The molecule has 1 N–H and O–H groups in total. The second-order valence-corrected chi connectivity index (χ2v) is 4.77. The highest BCUT2D eigenvalue weighted by Gasteiger charge is 2.08. The van der Waals surface area contributed by atoms with Crippen molar-refractivity contribution in [2.75, 3.05) is 12.4 Å².